The first-order chi connectivity index (χ1) is 26.0. The summed E-state index contributed by atoms with van der Waals surface area (Å²) in [7, 11) is -4.39. The van der Waals surface area contributed by atoms with Gasteiger partial charge in [0.25, 0.3) is 27.1 Å². The topological polar surface area (TPSA) is 315 Å². The molecule has 0 aliphatic rings. The minimum atomic E-state index is -4.39. The van der Waals surface area contributed by atoms with Crippen LogP contribution in [0, 0.1) is 41.0 Å². The van der Waals surface area contributed by atoms with E-state index in [1.54, 1.807) is 38.1 Å². The quantitative estimate of drug-likeness (QED) is 0.0835. The van der Waals surface area contributed by atoms with Crippen molar-refractivity contribution in [3.05, 3.63) is 132 Å². The van der Waals surface area contributed by atoms with E-state index in [1.165, 1.54) is 29.8 Å². The minimum absolute atomic E-state index is 0. The van der Waals surface area contributed by atoms with Crippen LogP contribution in [0.2, 0.25) is 0 Å². The summed E-state index contributed by atoms with van der Waals surface area (Å²) >= 11 is 0. The second-order valence-corrected chi connectivity index (χ2v) is 12.8. The zero-order valence-electron chi connectivity index (χ0n) is 29.0. The molecule has 6 rings (SSSR count). The molecule has 2 N–H and O–H groups in total. The van der Waals surface area contributed by atoms with Gasteiger partial charge in [-0.2, -0.15) is 23.7 Å². The number of nitro groups is 2. The molecule has 0 atom stereocenters. The van der Waals surface area contributed by atoms with Gasteiger partial charge in [-0.1, -0.05) is 30.0 Å². The van der Waals surface area contributed by atoms with Crippen LogP contribution in [0.25, 0.3) is 11.4 Å². The summed E-state index contributed by atoms with van der Waals surface area (Å²) in [6.45, 7) is 4.65. The maximum absolute atomic E-state index is 12.6. The van der Waals surface area contributed by atoms with Crippen LogP contribution in [-0.2, 0) is 27.5 Å². The second kappa shape index (κ2) is 17.0. The van der Waals surface area contributed by atoms with Gasteiger partial charge in [0, 0.05) is 29.8 Å². The van der Waals surface area contributed by atoms with Crippen molar-refractivity contribution in [1.82, 2.24) is 19.6 Å². The van der Waals surface area contributed by atoms with Crippen LogP contribution in [0.15, 0.2) is 115 Å². The first kappa shape index (κ1) is 41.7. The van der Waals surface area contributed by atoms with Crippen LogP contribution in [0.5, 0.6) is 17.4 Å². The molecule has 0 aliphatic carbocycles. The fourth-order valence-electron chi connectivity index (χ4n) is 4.81. The Morgan fingerprint density at radius 2 is 1.39 bits per heavy atom. The third-order valence-corrected chi connectivity index (χ3v) is 8.35. The molecule has 0 fully saturated rings. The number of non-ortho nitro benzene ring substituents is 1. The number of azo groups is 2. The van der Waals surface area contributed by atoms with Gasteiger partial charge >= 0.3 is 17.4 Å². The van der Waals surface area contributed by atoms with Gasteiger partial charge in [0.2, 0.25) is 0 Å². The molecule has 0 aliphatic heterocycles. The summed E-state index contributed by atoms with van der Waals surface area (Å²) in [5.74, 6) is -2.16. The number of hydrogen-bond donors (Lipinski definition) is 2. The Labute approximate surface area is 325 Å². The Morgan fingerprint density at radius 1 is 0.768 bits per heavy atom. The summed E-state index contributed by atoms with van der Waals surface area (Å²) in [6, 6.07) is 19.2. The maximum atomic E-state index is 12.6. The molecule has 285 valence electrons. The van der Waals surface area contributed by atoms with Crippen molar-refractivity contribution < 1.29 is 55.5 Å². The number of aromatic amines is 1. The number of H-pyrrole nitrogens is 1. The van der Waals surface area contributed by atoms with Gasteiger partial charge in [-0.3, -0.25) is 34.7 Å². The zero-order valence-corrected chi connectivity index (χ0v) is 31.0. The second-order valence-electron chi connectivity index (χ2n) is 11.4. The Balaban J connectivity index is 0.000000248. The van der Waals surface area contributed by atoms with Gasteiger partial charge in [0.05, 0.1) is 48.9 Å². The SMILES string of the molecule is Cc1[nH]n(-c2ccccc2)c(=O)c1N=Nc1cc([N+](=O)[O-])ccc1[O-].Cc1cc(N=Nc2c(C)nn(-c3ccc(S(=O)(=O)O)cc3)c2[O-])c([O-])c([N+](=O)[O-])c1.[Cr+3]. The summed E-state index contributed by atoms with van der Waals surface area (Å²) in [5.41, 5.74) is -0.191. The monoisotopic (exact) mass is 821 g/mol. The average Bonchev–Trinajstić information content (AvgIpc) is 3.59. The van der Waals surface area contributed by atoms with Crippen LogP contribution in [-0.4, -0.2) is 42.4 Å². The fourth-order valence-corrected chi connectivity index (χ4v) is 5.29. The number of nitrogens with zero attached hydrogens (tertiary/aromatic N) is 9. The van der Waals surface area contributed by atoms with E-state index in [1.807, 2.05) is 6.07 Å². The number of nitrogens with one attached hydrogen (secondary N) is 1. The normalized spacial score (nSPS) is 11.3. The van der Waals surface area contributed by atoms with Crippen molar-refractivity contribution in [2.45, 2.75) is 25.7 Å². The van der Waals surface area contributed by atoms with Gasteiger partial charge in [0.15, 0.2) is 5.69 Å². The molecule has 0 amide bonds. The van der Waals surface area contributed by atoms with Gasteiger partial charge in [-0.05, 0) is 68.8 Å². The largest absolute Gasteiger partial charge is 3.00 e. The fraction of sp³-hybridized carbons (Fsp3) is 0.0909. The smallest absolute Gasteiger partial charge is 0.871 e. The number of nitro benzene ring substituents is 2. The molecule has 56 heavy (non-hydrogen) atoms. The zero-order chi connectivity index (χ0) is 40.2. The summed E-state index contributed by atoms with van der Waals surface area (Å²) in [5, 5.41) is 80.1. The molecule has 21 nitrogen and oxygen atoms in total. The van der Waals surface area contributed by atoms with E-state index in [9.17, 15) is 48.8 Å². The van der Waals surface area contributed by atoms with E-state index in [0.717, 1.165) is 41.1 Å². The van der Waals surface area contributed by atoms with E-state index in [4.69, 9.17) is 4.55 Å². The van der Waals surface area contributed by atoms with Crippen LogP contribution in [0.1, 0.15) is 17.0 Å². The number of benzene rings is 4. The van der Waals surface area contributed by atoms with E-state index in [-0.39, 0.29) is 62.1 Å². The summed E-state index contributed by atoms with van der Waals surface area (Å²) < 4.78 is 33.5. The Kier molecular flexibility index (Phi) is 12.6. The molecule has 2 aromatic heterocycles. The van der Waals surface area contributed by atoms with Crippen LogP contribution < -0.4 is 20.9 Å². The van der Waals surface area contributed by atoms with Crippen molar-refractivity contribution in [2.24, 2.45) is 20.5 Å². The molecular weight excluding hydrogens is 796 g/mol. The Hall–Kier alpha value is -7.06. The van der Waals surface area contributed by atoms with Crippen LogP contribution >= 0.6 is 0 Å². The molecule has 0 bridgehead atoms. The van der Waals surface area contributed by atoms with E-state index in [2.05, 4.69) is 30.7 Å². The molecule has 2 heterocycles. The number of aromatic nitrogens is 4. The first-order valence-electron chi connectivity index (χ1n) is 15.4. The number of para-hydroxylation sites is 1. The molecule has 6 aromatic rings. The predicted octanol–water partition coefficient (Wildman–Crippen LogP) is 5.08. The van der Waals surface area contributed by atoms with Gasteiger partial charge in [-0.25, -0.2) is 9.36 Å². The predicted molar refractivity (Wildman–Crippen MR) is 187 cm³/mol. The molecule has 1 radical (unpaired) electrons. The van der Waals surface area contributed by atoms with E-state index < -0.39 is 48.6 Å². The molecule has 0 saturated carbocycles. The number of hydrogen-bond acceptors (Lipinski definition) is 15. The number of rotatable bonds is 9. The molecule has 0 spiro atoms. The van der Waals surface area contributed by atoms with Gasteiger partial charge < -0.3 is 15.3 Å². The van der Waals surface area contributed by atoms with Gasteiger partial charge in [0.1, 0.15) is 5.69 Å². The molecule has 0 saturated heterocycles. The van der Waals surface area contributed by atoms with Crippen molar-refractivity contribution in [2.75, 3.05) is 0 Å². The van der Waals surface area contributed by atoms with Crippen molar-refractivity contribution in [1.29, 1.82) is 0 Å². The molecule has 4 aromatic carbocycles. The standard InChI is InChI=1S/C17H15N5O7S.C16H13N5O4.Cr/c1-9-7-13(16(23)14(8-9)22(25)26)18-19-15-10(2)20-21(17(15)24)11-3-5-12(6-4-11)30(27,28)29;1-10-15(16(23)20(19-10)11-5-3-2-4-6-11)18-17-13-9-12(21(24)25)7-8-14(13)22;/h3-8,23-24H,1-2H3,(H,27,28,29);2-9,19,22H,1H3;/q;;+3/p-3. The van der Waals surface area contributed by atoms with Gasteiger partial charge in [-0.15, -0.1) is 10.2 Å². The Bertz CT molecular complexity index is 2680. The average molecular weight is 822 g/mol. The van der Waals surface area contributed by atoms with E-state index >= 15 is 0 Å². The summed E-state index contributed by atoms with van der Waals surface area (Å²) in [6.07, 6.45) is 0. The van der Waals surface area contributed by atoms with Crippen molar-refractivity contribution in [3.63, 3.8) is 0 Å². The third-order valence-electron chi connectivity index (χ3n) is 7.48. The molecular formula is C33H25CrN10O11S. The van der Waals surface area contributed by atoms with Crippen molar-refractivity contribution in [3.8, 4) is 28.8 Å². The number of aryl methyl sites for hydroxylation is 3. The maximum Gasteiger partial charge on any atom is 3.00 e. The van der Waals surface area contributed by atoms with Crippen molar-refractivity contribution >= 4 is 44.2 Å². The molecule has 23 heteroatoms. The van der Waals surface area contributed by atoms with E-state index in [0.29, 0.717) is 16.9 Å². The minimum Gasteiger partial charge on any atom is -0.871 e. The Morgan fingerprint density at radius 3 is 2.00 bits per heavy atom. The van der Waals surface area contributed by atoms with Crippen LogP contribution in [0.4, 0.5) is 34.1 Å². The first-order valence-corrected chi connectivity index (χ1v) is 16.9. The molecule has 0 unspecified atom stereocenters. The van der Waals surface area contributed by atoms with Crippen LogP contribution in [0.3, 0.4) is 0 Å². The summed E-state index contributed by atoms with van der Waals surface area (Å²) in [4.78, 5) is 32.4. The third kappa shape index (κ3) is 9.17.